The first-order valence-corrected chi connectivity index (χ1v) is 5.10. The fourth-order valence-corrected chi connectivity index (χ4v) is 1.37. The van der Waals surface area contributed by atoms with Gasteiger partial charge in [0, 0.05) is 4.47 Å². The SMILES string of the molecule is CC#CC(=O)Nc1cc(C(=O)O)ccc1Br. The van der Waals surface area contributed by atoms with Crippen molar-refractivity contribution >= 4 is 33.5 Å². The smallest absolute Gasteiger partial charge is 0.335 e. The number of anilines is 1. The molecule has 0 unspecified atom stereocenters. The monoisotopic (exact) mass is 281 g/mol. The maximum Gasteiger partial charge on any atom is 0.335 e. The van der Waals surface area contributed by atoms with E-state index in [9.17, 15) is 9.59 Å². The number of nitrogens with one attached hydrogen (secondary N) is 1. The molecule has 0 spiro atoms. The molecule has 0 bridgehead atoms. The van der Waals surface area contributed by atoms with E-state index >= 15 is 0 Å². The van der Waals surface area contributed by atoms with Crippen molar-refractivity contribution in [1.29, 1.82) is 0 Å². The van der Waals surface area contributed by atoms with Gasteiger partial charge in [-0.15, -0.1) is 0 Å². The zero-order chi connectivity index (χ0) is 12.1. The zero-order valence-electron chi connectivity index (χ0n) is 8.37. The molecule has 0 aliphatic heterocycles. The van der Waals surface area contributed by atoms with Gasteiger partial charge in [0.25, 0.3) is 5.91 Å². The summed E-state index contributed by atoms with van der Waals surface area (Å²) in [5.74, 6) is 3.22. The molecule has 82 valence electrons. The highest BCUT2D eigenvalue weighted by atomic mass is 79.9. The summed E-state index contributed by atoms with van der Waals surface area (Å²) in [6, 6.07) is 4.35. The molecule has 0 atom stereocenters. The zero-order valence-corrected chi connectivity index (χ0v) is 9.96. The summed E-state index contributed by atoms with van der Waals surface area (Å²) in [5.41, 5.74) is 0.482. The molecule has 2 N–H and O–H groups in total. The van der Waals surface area contributed by atoms with Crippen molar-refractivity contribution in [2.45, 2.75) is 6.92 Å². The van der Waals surface area contributed by atoms with E-state index in [1.165, 1.54) is 12.1 Å². The van der Waals surface area contributed by atoms with Gasteiger partial charge in [-0.1, -0.05) is 5.92 Å². The third-order valence-electron chi connectivity index (χ3n) is 1.70. The number of amides is 1. The second-order valence-corrected chi connectivity index (χ2v) is 3.68. The third-order valence-corrected chi connectivity index (χ3v) is 2.39. The van der Waals surface area contributed by atoms with Crippen molar-refractivity contribution in [3.63, 3.8) is 0 Å². The molecule has 0 fully saturated rings. The molecule has 0 aliphatic rings. The summed E-state index contributed by atoms with van der Waals surface area (Å²) in [5, 5.41) is 11.3. The molecule has 5 heteroatoms. The summed E-state index contributed by atoms with van der Waals surface area (Å²) >= 11 is 3.20. The third kappa shape index (κ3) is 3.11. The number of carboxylic acid groups (broad SMARTS) is 1. The number of carbonyl (C=O) groups is 2. The molecule has 4 nitrogen and oxygen atoms in total. The first kappa shape index (κ1) is 12.3. The minimum atomic E-state index is -1.05. The van der Waals surface area contributed by atoms with Crippen LogP contribution in [0.25, 0.3) is 0 Å². The summed E-state index contributed by atoms with van der Waals surface area (Å²) in [6.07, 6.45) is 0. The van der Waals surface area contributed by atoms with Crippen LogP contribution >= 0.6 is 15.9 Å². The van der Waals surface area contributed by atoms with Gasteiger partial charge in [0.05, 0.1) is 11.3 Å². The van der Waals surface area contributed by atoms with E-state index in [0.29, 0.717) is 10.2 Å². The number of benzene rings is 1. The van der Waals surface area contributed by atoms with Gasteiger partial charge in [-0.3, -0.25) is 4.79 Å². The lowest BCUT2D eigenvalue weighted by Gasteiger charge is -2.05. The second-order valence-electron chi connectivity index (χ2n) is 2.83. The normalized spacial score (nSPS) is 8.88. The number of rotatable bonds is 2. The average molecular weight is 282 g/mol. The van der Waals surface area contributed by atoms with E-state index in [0.717, 1.165) is 0 Å². The van der Waals surface area contributed by atoms with Gasteiger partial charge in [-0.2, -0.15) is 0 Å². The van der Waals surface area contributed by atoms with Crippen LogP contribution in [0.3, 0.4) is 0 Å². The Kier molecular flexibility index (Phi) is 4.09. The Morgan fingerprint density at radius 2 is 2.12 bits per heavy atom. The van der Waals surface area contributed by atoms with E-state index in [-0.39, 0.29) is 5.56 Å². The highest BCUT2D eigenvalue weighted by Gasteiger charge is 2.08. The minimum Gasteiger partial charge on any atom is -0.478 e. The van der Waals surface area contributed by atoms with Gasteiger partial charge in [0.1, 0.15) is 0 Å². The molecule has 1 aromatic carbocycles. The summed E-state index contributed by atoms with van der Waals surface area (Å²) in [4.78, 5) is 21.9. The average Bonchev–Trinajstić information content (AvgIpc) is 2.21. The van der Waals surface area contributed by atoms with Crippen molar-refractivity contribution in [2.75, 3.05) is 5.32 Å². The van der Waals surface area contributed by atoms with Crippen LogP contribution in [0.15, 0.2) is 22.7 Å². The fraction of sp³-hybridized carbons (Fsp3) is 0.0909. The summed E-state index contributed by atoms with van der Waals surface area (Å²) in [7, 11) is 0. The van der Waals surface area contributed by atoms with Crippen LogP contribution in [0.4, 0.5) is 5.69 Å². The molecule has 1 amide bonds. The minimum absolute atomic E-state index is 0.1000. The van der Waals surface area contributed by atoms with Crippen molar-refractivity contribution in [3.8, 4) is 11.8 Å². The van der Waals surface area contributed by atoms with Crippen LogP contribution in [0.5, 0.6) is 0 Å². The van der Waals surface area contributed by atoms with Crippen molar-refractivity contribution in [2.24, 2.45) is 0 Å². The van der Waals surface area contributed by atoms with Crippen molar-refractivity contribution < 1.29 is 14.7 Å². The lowest BCUT2D eigenvalue weighted by atomic mass is 10.2. The van der Waals surface area contributed by atoms with Crippen LogP contribution < -0.4 is 5.32 Å². The predicted molar refractivity (Wildman–Crippen MR) is 63.2 cm³/mol. The van der Waals surface area contributed by atoms with Gasteiger partial charge in [-0.25, -0.2) is 4.79 Å². The van der Waals surface area contributed by atoms with Crippen LogP contribution in [0.2, 0.25) is 0 Å². The van der Waals surface area contributed by atoms with Crippen LogP contribution in [-0.2, 0) is 4.79 Å². The lowest BCUT2D eigenvalue weighted by molar-refractivity contribution is -0.111. The Bertz CT molecular complexity index is 500. The Morgan fingerprint density at radius 3 is 2.69 bits per heavy atom. The molecule has 0 aromatic heterocycles. The molecule has 0 saturated heterocycles. The molecule has 0 radical (unpaired) electrons. The number of halogens is 1. The summed E-state index contributed by atoms with van der Waals surface area (Å²) < 4.78 is 0.601. The van der Waals surface area contributed by atoms with E-state index in [4.69, 9.17) is 5.11 Å². The Hall–Kier alpha value is -1.80. The molecule has 0 saturated carbocycles. The topological polar surface area (TPSA) is 66.4 Å². The van der Waals surface area contributed by atoms with E-state index in [2.05, 4.69) is 33.1 Å². The number of aromatic carboxylic acids is 1. The molecular formula is C11H8BrNO3. The van der Waals surface area contributed by atoms with Crippen molar-refractivity contribution in [3.05, 3.63) is 28.2 Å². The first-order chi connectivity index (χ1) is 7.54. The maximum atomic E-state index is 11.2. The van der Waals surface area contributed by atoms with Crippen LogP contribution in [0, 0.1) is 11.8 Å². The van der Waals surface area contributed by atoms with Crippen LogP contribution in [0.1, 0.15) is 17.3 Å². The molecular weight excluding hydrogens is 274 g/mol. The quantitative estimate of drug-likeness (QED) is 0.816. The number of hydrogen-bond acceptors (Lipinski definition) is 2. The highest BCUT2D eigenvalue weighted by Crippen LogP contribution is 2.23. The van der Waals surface area contributed by atoms with Gasteiger partial charge >= 0.3 is 5.97 Å². The molecule has 1 aromatic rings. The Balaban J connectivity index is 3.01. The number of carbonyl (C=O) groups excluding carboxylic acids is 1. The first-order valence-electron chi connectivity index (χ1n) is 4.31. The number of carboxylic acids is 1. The Morgan fingerprint density at radius 1 is 1.44 bits per heavy atom. The standard InChI is InChI=1S/C11H8BrNO3/c1-2-3-10(14)13-9-6-7(11(15)16)4-5-8(9)12/h4-6H,1H3,(H,13,14)(H,15,16). The molecule has 0 heterocycles. The van der Waals surface area contributed by atoms with E-state index in [1.807, 2.05) is 0 Å². The highest BCUT2D eigenvalue weighted by molar-refractivity contribution is 9.10. The second kappa shape index (κ2) is 5.33. The number of hydrogen-bond donors (Lipinski definition) is 2. The lowest BCUT2D eigenvalue weighted by Crippen LogP contribution is -2.09. The van der Waals surface area contributed by atoms with Gasteiger partial charge in [-0.05, 0) is 47.0 Å². The molecule has 1 rings (SSSR count). The van der Waals surface area contributed by atoms with Gasteiger partial charge in [0.15, 0.2) is 0 Å². The van der Waals surface area contributed by atoms with Crippen molar-refractivity contribution in [1.82, 2.24) is 0 Å². The maximum absolute atomic E-state index is 11.2. The summed E-state index contributed by atoms with van der Waals surface area (Å²) in [6.45, 7) is 1.54. The van der Waals surface area contributed by atoms with E-state index in [1.54, 1.807) is 13.0 Å². The van der Waals surface area contributed by atoms with E-state index < -0.39 is 11.9 Å². The largest absolute Gasteiger partial charge is 0.478 e. The fourth-order valence-electron chi connectivity index (χ4n) is 1.02. The van der Waals surface area contributed by atoms with Gasteiger partial charge < -0.3 is 10.4 Å². The Labute approximate surface area is 101 Å². The molecule has 16 heavy (non-hydrogen) atoms. The van der Waals surface area contributed by atoms with Gasteiger partial charge in [0.2, 0.25) is 0 Å². The predicted octanol–water partition coefficient (Wildman–Crippen LogP) is 2.11. The van der Waals surface area contributed by atoms with Crippen LogP contribution in [-0.4, -0.2) is 17.0 Å². The molecule has 0 aliphatic carbocycles.